The molecule has 0 bridgehead atoms. The SMILES string of the molecule is CN=C(NCc1cccc(F)c1)NCC(C)Cn1cccn1.I. The average Bonchev–Trinajstić information content (AvgIpc) is 3.00. The first-order valence-electron chi connectivity index (χ1n) is 7.33. The van der Waals surface area contributed by atoms with Crippen LogP contribution in [0, 0.1) is 11.7 Å². The zero-order valence-electron chi connectivity index (χ0n) is 13.4. The third-order valence-corrected chi connectivity index (χ3v) is 3.25. The van der Waals surface area contributed by atoms with Crippen molar-refractivity contribution in [1.82, 2.24) is 20.4 Å². The molecule has 1 aromatic heterocycles. The van der Waals surface area contributed by atoms with Crippen molar-refractivity contribution in [3.8, 4) is 0 Å². The van der Waals surface area contributed by atoms with Crippen LogP contribution in [0.5, 0.6) is 0 Å². The van der Waals surface area contributed by atoms with E-state index in [1.54, 1.807) is 19.3 Å². The van der Waals surface area contributed by atoms with E-state index in [-0.39, 0.29) is 29.8 Å². The van der Waals surface area contributed by atoms with Gasteiger partial charge in [-0.15, -0.1) is 24.0 Å². The van der Waals surface area contributed by atoms with Gasteiger partial charge in [0.05, 0.1) is 0 Å². The molecular weight excluding hydrogens is 408 g/mol. The van der Waals surface area contributed by atoms with Crippen LogP contribution in [0.4, 0.5) is 4.39 Å². The van der Waals surface area contributed by atoms with Gasteiger partial charge >= 0.3 is 0 Å². The molecule has 0 spiro atoms. The Kier molecular flexibility index (Phi) is 8.60. The van der Waals surface area contributed by atoms with Crippen molar-refractivity contribution in [3.63, 3.8) is 0 Å². The van der Waals surface area contributed by atoms with Crippen molar-refractivity contribution in [2.45, 2.75) is 20.0 Å². The van der Waals surface area contributed by atoms with Crippen LogP contribution >= 0.6 is 24.0 Å². The maximum Gasteiger partial charge on any atom is 0.191 e. The molecule has 0 aliphatic rings. The van der Waals surface area contributed by atoms with Crippen molar-refractivity contribution in [1.29, 1.82) is 0 Å². The molecular formula is C16H23FIN5. The van der Waals surface area contributed by atoms with E-state index >= 15 is 0 Å². The Balaban J connectivity index is 0.00000264. The predicted molar refractivity (Wildman–Crippen MR) is 101 cm³/mol. The number of rotatable bonds is 6. The summed E-state index contributed by atoms with van der Waals surface area (Å²) < 4.78 is 15.0. The van der Waals surface area contributed by atoms with E-state index in [1.807, 2.05) is 23.0 Å². The lowest BCUT2D eigenvalue weighted by Crippen LogP contribution is -2.39. The lowest BCUT2D eigenvalue weighted by atomic mass is 10.2. The fraction of sp³-hybridized carbons (Fsp3) is 0.375. The summed E-state index contributed by atoms with van der Waals surface area (Å²) in [5.74, 6) is 0.888. The van der Waals surface area contributed by atoms with Crippen LogP contribution in [0.3, 0.4) is 0 Å². The van der Waals surface area contributed by atoms with E-state index in [2.05, 4.69) is 27.6 Å². The average molecular weight is 431 g/mol. The number of hydrogen-bond acceptors (Lipinski definition) is 2. The number of benzene rings is 1. The van der Waals surface area contributed by atoms with Gasteiger partial charge in [0.25, 0.3) is 0 Å². The molecule has 0 radical (unpaired) electrons. The van der Waals surface area contributed by atoms with Crippen molar-refractivity contribution in [3.05, 3.63) is 54.1 Å². The second kappa shape index (κ2) is 10.2. The number of aromatic nitrogens is 2. The van der Waals surface area contributed by atoms with E-state index in [1.165, 1.54) is 12.1 Å². The van der Waals surface area contributed by atoms with Crippen molar-refractivity contribution < 1.29 is 4.39 Å². The van der Waals surface area contributed by atoms with Crippen LogP contribution in [0.25, 0.3) is 0 Å². The van der Waals surface area contributed by atoms with Gasteiger partial charge in [-0.05, 0) is 29.7 Å². The smallest absolute Gasteiger partial charge is 0.191 e. The standard InChI is InChI=1S/C16H22FN5.HI/c1-13(12-22-8-4-7-21-22)10-19-16(18-2)20-11-14-5-3-6-15(17)9-14;/h3-9,13H,10-12H2,1-2H3,(H2,18,19,20);1H. The normalized spacial score (nSPS) is 12.4. The van der Waals surface area contributed by atoms with Gasteiger partial charge < -0.3 is 10.6 Å². The number of nitrogens with zero attached hydrogens (tertiary/aromatic N) is 3. The summed E-state index contributed by atoms with van der Waals surface area (Å²) in [5, 5.41) is 10.6. The summed E-state index contributed by atoms with van der Waals surface area (Å²) >= 11 is 0. The van der Waals surface area contributed by atoms with E-state index < -0.39 is 0 Å². The highest BCUT2D eigenvalue weighted by Gasteiger charge is 2.05. The first-order chi connectivity index (χ1) is 10.7. The highest BCUT2D eigenvalue weighted by atomic mass is 127. The molecule has 2 rings (SSSR count). The quantitative estimate of drug-likeness (QED) is 0.420. The van der Waals surface area contributed by atoms with Gasteiger partial charge in [0.1, 0.15) is 5.82 Å². The summed E-state index contributed by atoms with van der Waals surface area (Å²) in [6.07, 6.45) is 3.73. The van der Waals surface area contributed by atoms with Crippen LogP contribution < -0.4 is 10.6 Å². The number of nitrogens with one attached hydrogen (secondary N) is 2. The molecule has 0 fully saturated rings. The fourth-order valence-electron chi connectivity index (χ4n) is 2.12. The highest BCUT2D eigenvalue weighted by molar-refractivity contribution is 14.0. The molecule has 1 aromatic carbocycles. The molecule has 0 aliphatic heterocycles. The first-order valence-corrected chi connectivity index (χ1v) is 7.33. The van der Waals surface area contributed by atoms with E-state index in [4.69, 9.17) is 0 Å². The zero-order valence-corrected chi connectivity index (χ0v) is 15.7. The minimum atomic E-state index is -0.227. The summed E-state index contributed by atoms with van der Waals surface area (Å²) in [6, 6.07) is 8.45. The lowest BCUT2D eigenvalue weighted by Gasteiger charge is -2.16. The molecule has 1 unspecified atom stereocenters. The summed E-state index contributed by atoms with van der Waals surface area (Å²) in [6.45, 7) is 4.31. The minimum absolute atomic E-state index is 0. The van der Waals surface area contributed by atoms with Gasteiger partial charge in [-0.3, -0.25) is 9.67 Å². The Labute approximate surface area is 153 Å². The zero-order chi connectivity index (χ0) is 15.8. The van der Waals surface area contributed by atoms with Gasteiger partial charge in [0.15, 0.2) is 5.96 Å². The fourth-order valence-corrected chi connectivity index (χ4v) is 2.12. The maximum atomic E-state index is 13.1. The van der Waals surface area contributed by atoms with Crippen molar-refractivity contribution >= 4 is 29.9 Å². The van der Waals surface area contributed by atoms with Crippen molar-refractivity contribution in [2.75, 3.05) is 13.6 Å². The number of hydrogen-bond donors (Lipinski definition) is 2. The molecule has 1 heterocycles. The molecule has 0 aliphatic carbocycles. The monoisotopic (exact) mass is 431 g/mol. The third kappa shape index (κ3) is 6.98. The first kappa shape index (κ1) is 19.4. The maximum absolute atomic E-state index is 13.1. The van der Waals surface area contributed by atoms with Crippen LogP contribution in [0.2, 0.25) is 0 Å². The van der Waals surface area contributed by atoms with Gasteiger partial charge in [-0.25, -0.2) is 4.39 Å². The number of halogens is 2. The van der Waals surface area contributed by atoms with E-state index in [0.717, 1.165) is 18.7 Å². The van der Waals surface area contributed by atoms with Gasteiger partial charge in [0, 0.05) is 39.1 Å². The van der Waals surface area contributed by atoms with Crippen LogP contribution in [-0.2, 0) is 13.1 Å². The minimum Gasteiger partial charge on any atom is -0.356 e. The van der Waals surface area contributed by atoms with Crippen LogP contribution in [0.1, 0.15) is 12.5 Å². The van der Waals surface area contributed by atoms with E-state index in [0.29, 0.717) is 18.4 Å². The second-order valence-corrected chi connectivity index (χ2v) is 5.27. The molecule has 0 saturated carbocycles. The van der Waals surface area contributed by atoms with Crippen molar-refractivity contribution in [2.24, 2.45) is 10.9 Å². The second-order valence-electron chi connectivity index (χ2n) is 5.27. The lowest BCUT2D eigenvalue weighted by molar-refractivity contribution is 0.443. The molecule has 126 valence electrons. The molecule has 2 aromatic rings. The van der Waals surface area contributed by atoms with Crippen LogP contribution in [0.15, 0.2) is 47.7 Å². The Morgan fingerprint density at radius 3 is 2.83 bits per heavy atom. The molecule has 7 heteroatoms. The molecule has 5 nitrogen and oxygen atoms in total. The van der Waals surface area contributed by atoms with Gasteiger partial charge in [0.2, 0.25) is 0 Å². The van der Waals surface area contributed by atoms with E-state index in [9.17, 15) is 4.39 Å². The Bertz CT molecular complexity index is 600. The Morgan fingerprint density at radius 2 is 2.17 bits per heavy atom. The Hall–Kier alpha value is -1.64. The van der Waals surface area contributed by atoms with Crippen LogP contribution in [-0.4, -0.2) is 29.3 Å². The number of aliphatic imine (C=N–C) groups is 1. The summed E-state index contributed by atoms with van der Waals surface area (Å²) in [5.41, 5.74) is 0.882. The predicted octanol–water partition coefficient (Wildman–Crippen LogP) is 2.64. The topological polar surface area (TPSA) is 54.2 Å². The molecule has 0 amide bonds. The molecule has 2 N–H and O–H groups in total. The molecule has 23 heavy (non-hydrogen) atoms. The molecule has 1 atom stereocenters. The van der Waals surface area contributed by atoms with Gasteiger partial charge in [-0.2, -0.15) is 5.10 Å². The Morgan fingerprint density at radius 1 is 1.35 bits per heavy atom. The largest absolute Gasteiger partial charge is 0.356 e. The summed E-state index contributed by atoms with van der Waals surface area (Å²) in [7, 11) is 1.72. The third-order valence-electron chi connectivity index (χ3n) is 3.25. The summed E-state index contributed by atoms with van der Waals surface area (Å²) in [4.78, 5) is 4.17. The van der Waals surface area contributed by atoms with Gasteiger partial charge in [-0.1, -0.05) is 19.1 Å². The molecule has 0 saturated heterocycles. The number of guanidine groups is 1. The highest BCUT2D eigenvalue weighted by Crippen LogP contribution is 2.03.